The largest absolute Gasteiger partial charge is 0.444 e. The summed E-state index contributed by atoms with van der Waals surface area (Å²) in [6, 6.07) is 11.3. The molecule has 0 aromatic heterocycles. The zero-order valence-corrected chi connectivity index (χ0v) is 17.5. The summed E-state index contributed by atoms with van der Waals surface area (Å²) >= 11 is 0. The zero-order valence-electron chi connectivity index (χ0n) is 17.5. The van der Waals surface area contributed by atoms with Crippen molar-refractivity contribution in [3.8, 4) is 17.2 Å². The van der Waals surface area contributed by atoms with Gasteiger partial charge in [-0.05, 0) is 61.2 Å². The molecule has 30 heavy (non-hydrogen) atoms. The molecule has 2 aromatic carbocycles. The van der Waals surface area contributed by atoms with E-state index in [4.69, 9.17) is 4.74 Å². The zero-order chi connectivity index (χ0) is 22.1. The second-order valence-electron chi connectivity index (χ2n) is 8.37. The van der Waals surface area contributed by atoms with Crippen LogP contribution in [0.25, 0.3) is 11.1 Å². The van der Waals surface area contributed by atoms with E-state index in [2.05, 4.69) is 5.32 Å². The Morgan fingerprint density at radius 1 is 1.27 bits per heavy atom. The Bertz CT molecular complexity index is 1040. The van der Waals surface area contributed by atoms with Gasteiger partial charge in [0, 0.05) is 25.6 Å². The van der Waals surface area contributed by atoms with Gasteiger partial charge in [-0.3, -0.25) is 4.79 Å². The van der Waals surface area contributed by atoms with Crippen LogP contribution in [0.5, 0.6) is 0 Å². The van der Waals surface area contributed by atoms with Crippen molar-refractivity contribution in [1.82, 2.24) is 10.2 Å². The van der Waals surface area contributed by atoms with Gasteiger partial charge in [0.25, 0.3) is 5.91 Å². The molecule has 6 nitrogen and oxygen atoms in total. The maximum absolute atomic E-state index is 14.7. The summed E-state index contributed by atoms with van der Waals surface area (Å²) in [5, 5.41) is 11.8. The second-order valence-corrected chi connectivity index (χ2v) is 8.37. The number of nitrogens with one attached hydrogen (secondary N) is 1. The molecule has 3 rings (SSSR count). The van der Waals surface area contributed by atoms with E-state index < -0.39 is 23.6 Å². The number of nitrogens with zero attached hydrogens (tertiary/aromatic N) is 2. The molecule has 0 radical (unpaired) electrons. The number of hydrogen-bond donors (Lipinski definition) is 1. The highest BCUT2D eigenvalue weighted by Gasteiger charge is 2.24. The van der Waals surface area contributed by atoms with E-state index in [0.717, 1.165) is 11.1 Å². The van der Waals surface area contributed by atoms with Crippen molar-refractivity contribution in [2.24, 2.45) is 0 Å². The Hall–Kier alpha value is -3.40. The second kappa shape index (κ2) is 8.15. The van der Waals surface area contributed by atoms with E-state index in [9.17, 15) is 19.2 Å². The molecule has 1 aliphatic rings. The van der Waals surface area contributed by atoms with Crippen LogP contribution >= 0.6 is 0 Å². The summed E-state index contributed by atoms with van der Waals surface area (Å²) in [5.74, 6) is -0.481. The molecule has 0 saturated heterocycles. The number of amides is 2. The molecule has 7 heteroatoms. The number of alkyl carbamates (subject to hydrolysis) is 1. The summed E-state index contributed by atoms with van der Waals surface area (Å²) in [6.45, 7) is 5.69. The van der Waals surface area contributed by atoms with Crippen LogP contribution in [0.15, 0.2) is 36.4 Å². The highest BCUT2D eigenvalue weighted by atomic mass is 19.1. The SMILES string of the molecule is CN1Cc2cc(-c3ccc(CC(C#N)NC(=O)OC(C)(C)C)c(F)c3)ccc2C1=O. The summed E-state index contributed by atoms with van der Waals surface area (Å²) in [6.07, 6.45) is -0.700. The molecule has 1 atom stereocenters. The van der Waals surface area contributed by atoms with E-state index in [0.29, 0.717) is 23.2 Å². The number of halogens is 1. The Morgan fingerprint density at radius 3 is 2.57 bits per heavy atom. The van der Waals surface area contributed by atoms with Gasteiger partial charge < -0.3 is 15.0 Å². The van der Waals surface area contributed by atoms with Gasteiger partial charge in [0.05, 0.1) is 6.07 Å². The maximum Gasteiger partial charge on any atom is 0.408 e. The lowest BCUT2D eigenvalue weighted by Gasteiger charge is -2.21. The van der Waals surface area contributed by atoms with Gasteiger partial charge in [-0.15, -0.1) is 0 Å². The Labute approximate surface area is 175 Å². The first-order chi connectivity index (χ1) is 14.1. The summed E-state index contributed by atoms with van der Waals surface area (Å²) in [4.78, 5) is 25.5. The van der Waals surface area contributed by atoms with Crippen molar-refractivity contribution in [3.05, 3.63) is 58.9 Å². The first kappa shape index (κ1) is 21.3. The molecule has 1 aliphatic heterocycles. The van der Waals surface area contributed by atoms with Gasteiger partial charge in [-0.25, -0.2) is 9.18 Å². The molecule has 2 amide bonds. The number of fused-ring (bicyclic) bond motifs is 1. The van der Waals surface area contributed by atoms with Crippen LogP contribution in [-0.2, 0) is 17.7 Å². The quantitative estimate of drug-likeness (QED) is 0.826. The number of carbonyl (C=O) groups is 2. The Balaban J connectivity index is 1.74. The van der Waals surface area contributed by atoms with Crippen molar-refractivity contribution < 1.29 is 18.7 Å². The predicted molar refractivity (Wildman–Crippen MR) is 110 cm³/mol. The van der Waals surface area contributed by atoms with Crippen LogP contribution in [0.1, 0.15) is 42.3 Å². The van der Waals surface area contributed by atoms with Gasteiger partial charge in [0.1, 0.15) is 17.5 Å². The third-order valence-electron chi connectivity index (χ3n) is 4.75. The summed E-state index contributed by atoms with van der Waals surface area (Å²) in [7, 11) is 1.74. The van der Waals surface area contributed by atoms with Crippen molar-refractivity contribution in [3.63, 3.8) is 0 Å². The van der Waals surface area contributed by atoms with Crippen LogP contribution in [0.3, 0.4) is 0 Å². The van der Waals surface area contributed by atoms with Crippen molar-refractivity contribution in [2.75, 3.05) is 7.05 Å². The third kappa shape index (κ3) is 4.77. The number of carbonyl (C=O) groups excluding carboxylic acids is 2. The number of ether oxygens (including phenoxy) is 1. The summed E-state index contributed by atoms with van der Waals surface area (Å²) < 4.78 is 19.9. The third-order valence-corrected chi connectivity index (χ3v) is 4.75. The minimum absolute atomic E-state index is 0.0156. The predicted octanol–water partition coefficient (Wildman–Crippen LogP) is 4.04. The van der Waals surface area contributed by atoms with Crippen LogP contribution < -0.4 is 5.32 Å². The number of nitriles is 1. The molecule has 0 spiro atoms. The first-order valence-corrected chi connectivity index (χ1v) is 9.63. The number of benzene rings is 2. The topological polar surface area (TPSA) is 82.4 Å². The van der Waals surface area contributed by atoms with Gasteiger partial charge in [0.15, 0.2) is 0 Å². The fraction of sp³-hybridized carbons (Fsp3) is 0.348. The molecule has 1 heterocycles. The molecule has 0 bridgehead atoms. The van der Waals surface area contributed by atoms with Crippen LogP contribution in [0.4, 0.5) is 9.18 Å². The van der Waals surface area contributed by atoms with E-state index in [-0.39, 0.29) is 12.3 Å². The molecule has 0 aliphatic carbocycles. The minimum Gasteiger partial charge on any atom is -0.444 e. The maximum atomic E-state index is 14.7. The standard InChI is InChI=1S/C23H24FN3O3/c1-23(2,3)30-22(29)26-18(12-25)10-16-6-5-15(11-20(16)24)14-7-8-19-17(9-14)13-27(4)21(19)28/h5-9,11,18H,10,13H2,1-4H3,(H,26,29). The van der Waals surface area contributed by atoms with E-state index in [1.807, 2.05) is 12.1 Å². The fourth-order valence-corrected chi connectivity index (χ4v) is 3.34. The minimum atomic E-state index is -0.915. The van der Waals surface area contributed by atoms with Gasteiger partial charge in [-0.2, -0.15) is 5.26 Å². The van der Waals surface area contributed by atoms with E-state index >= 15 is 0 Å². The molecular weight excluding hydrogens is 385 g/mol. The molecule has 156 valence electrons. The first-order valence-electron chi connectivity index (χ1n) is 9.63. The molecule has 1 unspecified atom stereocenters. The normalized spacial score (nSPS) is 14.1. The molecule has 1 N–H and O–H groups in total. The lowest BCUT2D eigenvalue weighted by molar-refractivity contribution is 0.0515. The molecule has 0 fully saturated rings. The van der Waals surface area contributed by atoms with Gasteiger partial charge in [0.2, 0.25) is 0 Å². The summed E-state index contributed by atoms with van der Waals surface area (Å²) in [5.41, 5.74) is 2.70. The van der Waals surface area contributed by atoms with Crippen LogP contribution in [0.2, 0.25) is 0 Å². The molecular formula is C23H24FN3O3. The average Bonchev–Trinajstić information content (AvgIpc) is 2.94. The van der Waals surface area contributed by atoms with E-state index in [1.54, 1.807) is 57.0 Å². The lowest BCUT2D eigenvalue weighted by Crippen LogP contribution is -2.39. The lowest BCUT2D eigenvalue weighted by atomic mass is 9.97. The number of rotatable bonds is 4. The average molecular weight is 409 g/mol. The van der Waals surface area contributed by atoms with Crippen LogP contribution in [0, 0.1) is 17.1 Å². The van der Waals surface area contributed by atoms with Gasteiger partial charge >= 0.3 is 6.09 Å². The molecule has 0 saturated carbocycles. The monoisotopic (exact) mass is 409 g/mol. The van der Waals surface area contributed by atoms with Crippen molar-refractivity contribution in [1.29, 1.82) is 5.26 Å². The van der Waals surface area contributed by atoms with Gasteiger partial charge in [-0.1, -0.05) is 18.2 Å². The van der Waals surface area contributed by atoms with Crippen LogP contribution in [-0.4, -0.2) is 35.6 Å². The van der Waals surface area contributed by atoms with E-state index in [1.165, 1.54) is 6.07 Å². The molecule has 2 aromatic rings. The van der Waals surface area contributed by atoms with Crippen molar-refractivity contribution >= 4 is 12.0 Å². The highest BCUT2D eigenvalue weighted by Crippen LogP contribution is 2.29. The highest BCUT2D eigenvalue weighted by molar-refractivity contribution is 5.98. The number of hydrogen-bond acceptors (Lipinski definition) is 4. The van der Waals surface area contributed by atoms with Crippen molar-refractivity contribution in [2.45, 2.75) is 45.4 Å². The Kier molecular flexibility index (Phi) is 5.79. The smallest absolute Gasteiger partial charge is 0.408 e. The fourth-order valence-electron chi connectivity index (χ4n) is 3.34. The Morgan fingerprint density at radius 2 is 1.93 bits per heavy atom.